The molecule has 1 fully saturated rings. The topological polar surface area (TPSA) is 40.5 Å². The van der Waals surface area contributed by atoms with E-state index < -0.39 is 0 Å². The number of hydrogen-bond acceptors (Lipinski definition) is 2. The first kappa shape index (κ1) is 8.02. The third-order valence-electron chi connectivity index (χ3n) is 2.70. The van der Waals surface area contributed by atoms with E-state index in [9.17, 15) is 0 Å². The Morgan fingerprint density at radius 2 is 1.50 bits per heavy atom. The van der Waals surface area contributed by atoms with E-state index in [1.807, 2.05) is 0 Å². The molecule has 1 saturated carbocycles. The van der Waals surface area contributed by atoms with Gasteiger partial charge in [0.15, 0.2) is 0 Å². The Morgan fingerprint density at radius 1 is 1.00 bits per heavy atom. The SMILES string of the molecule is OCCC1(CCO)CCC1. The molecule has 60 valence electrons. The van der Waals surface area contributed by atoms with Gasteiger partial charge in [-0.3, -0.25) is 0 Å². The van der Waals surface area contributed by atoms with Crippen molar-refractivity contribution in [3.63, 3.8) is 0 Å². The minimum absolute atomic E-state index is 0.278. The van der Waals surface area contributed by atoms with Crippen LogP contribution in [0, 0.1) is 5.41 Å². The van der Waals surface area contributed by atoms with Crippen molar-refractivity contribution >= 4 is 0 Å². The van der Waals surface area contributed by atoms with Crippen molar-refractivity contribution in [2.75, 3.05) is 13.2 Å². The van der Waals surface area contributed by atoms with Crippen molar-refractivity contribution < 1.29 is 10.2 Å². The lowest BCUT2D eigenvalue weighted by atomic mass is 9.65. The van der Waals surface area contributed by atoms with Gasteiger partial charge in [-0.05, 0) is 31.1 Å². The van der Waals surface area contributed by atoms with Gasteiger partial charge < -0.3 is 10.2 Å². The predicted molar refractivity (Wildman–Crippen MR) is 39.7 cm³/mol. The normalized spacial score (nSPS) is 22.2. The van der Waals surface area contributed by atoms with Crippen LogP contribution >= 0.6 is 0 Å². The van der Waals surface area contributed by atoms with Gasteiger partial charge in [0.2, 0.25) is 0 Å². The highest BCUT2D eigenvalue weighted by Crippen LogP contribution is 2.46. The first-order chi connectivity index (χ1) is 4.83. The summed E-state index contributed by atoms with van der Waals surface area (Å²) in [5.74, 6) is 0. The van der Waals surface area contributed by atoms with Gasteiger partial charge in [-0.25, -0.2) is 0 Å². The maximum Gasteiger partial charge on any atom is 0.0436 e. The Kier molecular flexibility index (Phi) is 2.69. The van der Waals surface area contributed by atoms with Crippen LogP contribution in [-0.4, -0.2) is 23.4 Å². The Hall–Kier alpha value is -0.0800. The molecule has 0 atom stereocenters. The average molecular weight is 144 g/mol. The molecule has 0 aromatic carbocycles. The van der Waals surface area contributed by atoms with Crippen molar-refractivity contribution in [2.24, 2.45) is 5.41 Å². The van der Waals surface area contributed by atoms with Crippen molar-refractivity contribution in [1.29, 1.82) is 0 Å². The lowest BCUT2D eigenvalue weighted by Crippen LogP contribution is -2.31. The van der Waals surface area contributed by atoms with Crippen LogP contribution in [0.2, 0.25) is 0 Å². The summed E-state index contributed by atoms with van der Waals surface area (Å²) >= 11 is 0. The van der Waals surface area contributed by atoms with Gasteiger partial charge in [-0.15, -0.1) is 0 Å². The second-order valence-electron chi connectivity index (χ2n) is 3.30. The summed E-state index contributed by atoms with van der Waals surface area (Å²) in [6, 6.07) is 0. The van der Waals surface area contributed by atoms with Crippen LogP contribution < -0.4 is 0 Å². The van der Waals surface area contributed by atoms with E-state index in [-0.39, 0.29) is 13.2 Å². The summed E-state index contributed by atoms with van der Waals surface area (Å²) in [5.41, 5.74) is 0.323. The maximum atomic E-state index is 8.71. The average Bonchev–Trinajstić information content (AvgIpc) is 1.84. The molecular weight excluding hydrogens is 128 g/mol. The lowest BCUT2D eigenvalue weighted by molar-refractivity contribution is 0.0558. The fraction of sp³-hybridized carbons (Fsp3) is 1.00. The molecule has 0 amide bonds. The zero-order valence-electron chi connectivity index (χ0n) is 6.34. The molecule has 1 rings (SSSR count). The summed E-state index contributed by atoms with van der Waals surface area (Å²) < 4.78 is 0. The second kappa shape index (κ2) is 3.35. The second-order valence-corrected chi connectivity index (χ2v) is 3.30. The van der Waals surface area contributed by atoms with Crippen LogP contribution in [0.4, 0.5) is 0 Å². The molecule has 0 aliphatic heterocycles. The zero-order chi connectivity index (χ0) is 7.45. The molecule has 10 heavy (non-hydrogen) atoms. The summed E-state index contributed by atoms with van der Waals surface area (Å²) in [7, 11) is 0. The summed E-state index contributed by atoms with van der Waals surface area (Å²) in [6.07, 6.45) is 5.45. The van der Waals surface area contributed by atoms with Crippen LogP contribution in [-0.2, 0) is 0 Å². The summed E-state index contributed by atoms with van der Waals surface area (Å²) in [4.78, 5) is 0. The Labute approximate surface area is 61.9 Å². The van der Waals surface area contributed by atoms with Crippen LogP contribution in [0.25, 0.3) is 0 Å². The van der Waals surface area contributed by atoms with Gasteiger partial charge in [-0.1, -0.05) is 6.42 Å². The van der Waals surface area contributed by atoms with Gasteiger partial charge >= 0.3 is 0 Å². The third kappa shape index (κ3) is 1.50. The highest BCUT2D eigenvalue weighted by Gasteiger charge is 2.35. The third-order valence-corrected chi connectivity index (χ3v) is 2.70. The Bertz CT molecular complexity index is 89.4. The molecule has 2 heteroatoms. The van der Waals surface area contributed by atoms with E-state index in [4.69, 9.17) is 10.2 Å². The minimum atomic E-state index is 0.278. The van der Waals surface area contributed by atoms with E-state index >= 15 is 0 Å². The van der Waals surface area contributed by atoms with Crippen molar-refractivity contribution in [2.45, 2.75) is 32.1 Å². The first-order valence-electron chi connectivity index (χ1n) is 4.05. The molecule has 0 aromatic heterocycles. The van der Waals surface area contributed by atoms with E-state index in [1.54, 1.807) is 0 Å². The predicted octanol–water partition coefficient (Wildman–Crippen LogP) is 0.921. The molecule has 1 aliphatic rings. The Balaban J connectivity index is 2.27. The highest BCUT2D eigenvalue weighted by molar-refractivity contribution is 4.86. The fourth-order valence-corrected chi connectivity index (χ4v) is 1.78. The van der Waals surface area contributed by atoms with Gasteiger partial charge in [-0.2, -0.15) is 0 Å². The summed E-state index contributed by atoms with van der Waals surface area (Å²) in [5, 5.41) is 17.4. The molecular formula is C8H16O2. The molecule has 0 spiro atoms. The first-order valence-corrected chi connectivity index (χ1v) is 4.05. The van der Waals surface area contributed by atoms with Gasteiger partial charge in [0.1, 0.15) is 0 Å². The van der Waals surface area contributed by atoms with Gasteiger partial charge in [0.05, 0.1) is 0 Å². The van der Waals surface area contributed by atoms with Gasteiger partial charge in [0.25, 0.3) is 0 Å². The lowest BCUT2D eigenvalue weighted by Gasteiger charge is -2.41. The minimum Gasteiger partial charge on any atom is -0.396 e. The van der Waals surface area contributed by atoms with Crippen LogP contribution in [0.5, 0.6) is 0 Å². The number of rotatable bonds is 4. The summed E-state index contributed by atoms with van der Waals surface area (Å²) in [6.45, 7) is 0.556. The molecule has 2 N–H and O–H groups in total. The Morgan fingerprint density at radius 3 is 1.70 bits per heavy atom. The largest absolute Gasteiger partial charge is 0.396 e. The molecule has 0 unspecified atom stereocenters. The number of hydrogen-bond donors (Lipinski definition) is 2. The van der Waals surface area contributed by atoms with Crippen LogP contribution in [0.3, 0.4) is 0 Å². The van der Waals surface area contributed by atoms with Crippen molar-refractivity contribution in [3.8, 4) is 0 Å². The van der Waals surface area contributed by atoms with E-state index in [1.165, 1.54) is 19.3 Å². The van der Waals surface area contributed by atoms with Crippen molar-refractivity contribution in [1.82, 2.24) is 0 Å². The van der Waals surface area contributed by atoms with E-state index in [2.05, 4.69) is 0 Å². The van der Waals surface area contributed by atoms with E-state index in [0.29, 0.717) is 5.41 Å². The standard InChI is InChI=1S/C8H16O2/c9-6-4-8(5-7-10)2-1-3-8/h9-10H,1-7H2. The molecule has 0 bridgehead atoms. The molecule has 0 aromatic rings. The monoisotopic (exact) mass is 144 g/mol. The fourth-order valence-electron chi connectivity index (χ4n) is 1.78. The molecule has 1 aliphatic carbocycles. The highest BCUT2D eigenvalue weighted by atomic mass is 16.3. The molecule has 0 radical (unpaired) electrons. The van der Waals surface area contributed by atoms with Gasteiger partial charge in [0, 0.05) is 13.2 Å². The van der Waals surface area contributed by atoms with Crippen LogP contribution in [0.15, 0.2) is 0 Å². The number of aliphatic hydroxyl groups excluding tert-OH is 2. The molecule has 0 saturated heterocycles. The number of aliphatic hydroxyl groups is 2. The zero-order valence-corrected chi connectivity index (χ0v) is 6.34. The van der Waals surface area contributed by atoms with E-state index in [0.717, 1.165) is 12.8 Å². The smallest absolute Gasteiger partial charge is 0.0436 e. The quantitative estimate of drug-likeness (QED) is 0.616. The molecule has 2 nitrogen and oxygen atoms in total. The molecule has 0 heterocycles. The van der Waals surface area contributed by atoms with Crippen molar-refractivity contribution in [3.05, 3.63) is 0 Å². The maximum absolute atomic E-state index is 8.71. The van der Waals surface area contributed by atoms with Crippen LogP contribution in [0.1, 0.15) is 32.1 Å².